The van der Waals surface area contributed by atoms with Crippen LogP contribution < -0.4 is 5.73 Å². The minimum atomic E-state index is 0.101. The van der Waals surface area contributed by atoms with E-state index in [2.05, 4.69) is 4.98 Å². The lowest BCUT2D eigenvalue weighted by Gasteiger charge is -2.32. The number of pyridine rings is 1. The van der Waals surface area contributed by atoms with Crippen molar-refractivity contribution < 1.29 is 4.79 Å². The zero-order valence-corrected chi connectivity index (χ0v) is 12.5. The zero-order valence-electron chi connectivity index (χ0n) is 12.5. The maximum atomic E-state index is 12.6. The maximum Gasteiger partial charge on any atom is 0.226 e. The largest absolute Gasteiger partial charge is 0.340 e. The molecule has 0 saturated heterocycles. The normalized spacial score (nSPS) is 22.6. The number of hydrogen-bond donors (Lipinski definition) is 1. The molecule has 0 aromatic carbocycles. The third-order valence-corrected chi connectivity index (χ3v) is 4.25. The van der Waals surface area contributed by atoms with E-state index in [0.717, 1.165) is 30.7 Å². The summed E-state index contributed by atoms with van der Waals surface area (Å²) in [6.45, 7) is 3.16. The van der Waals surface area contributed by atoms with Gasteiger partial charge < -0.3 is 10.6 Å². The summed E-state index contributed by atoms with van der Waals surface area (Å²) in [5, 5.41) is 0. The Hall–Kier alpha value is -1.42. The maximum absolute atomic E-state index is 12.6. The van der Waals surface area contributed by atoms with Crippen LogP contribution in [0.25, 0.3) is 0 Å². The number of aromatic nitrogens is 1. The van der Waals surface area contributed by atoms with Crippen molar-refractivity contribution in [1.29, 1.82) is 0 Å². The fourth-order valence-corrected chi connectivity index (χ4v) is 3.11. The molecule has 1 amide bonds. The summed E-state index contributed by atoms with van der Waals surface area (Å²) in [7, 11) is 1.87. The van der Waals surface area contributed by atoms with Crippen LogP contribution in [0.2, 0.25) is 0 Å². The van der Waals surface area contributed by atoms with E-state index >= 15 is 0 Å². The SMILES string of the molecule is Cc1cccc(CN(C)C(=O)C2CCCCC2CN)n1. The van der Waals surface area contributed by atoms with Crippen LogP contribution in [0.15, 0.2) is 18.2 Å². The van der Waals surface area contributed by atoms with Crippen LogP contribution >= 0.6 is 0 Å². The van der Waals surface area contributed by atoms with E-state index in [4.69, 9.17) is 5.73 Å². The van der Waals surface area contributed by atoms with Crippen molar-refractivity contribution in [3.8, 4) is 0 Å². The van der Waals surface area contributed by atoms with Gasteiger partial charge in [-0.2, -0.15) is 0 Å². The van der Waals surface area contributed by atoms with Gasteiger partial charge in [-0.05, 0) is 44.4 Å². The van der Waals surface area contributed by atoms with Gasteiger partial charge in [0.2, 0.25) is 5.91 Å². The Morgan fingerprint density at radius 3 is 2.85 bits per heavy atom. The minimum Gasteiger partial charge on any atom is -0.340 e. The molecule has 0 aliphatic heterocycles. The Kier molecular flexibility index (Phi) is 5.12. The topological polar surface area (TPSA) is 59.2 Å². The highest BCUT2D eigenvalue weighted by Gasteiger charge is 2.31. The average Bonchev–Trinajstić information content (AvgIpc) is 2.46. The lowest BCUT2D eigenvalue weighted by Crippen LogP contribution is -2.40. The molecule has 1 aromatic heterocycles. The van der Waals surface area contributed by atoms with Crippen LogP contribution in [0.1, 0.15) is 37.1 Å². The molecular formula is C16H25N3O. The van der Waals surface area contributed by atoms with Gasteiger partial charge in [0.15, 0.2) is 0 Å². The molecule has 1 fully saturated rings. The molecule has 4 nitrogen and oxygen atoms in total. The summed E-state index contributed by atoms with van der Waals surface area (Å²) in [5.41, 5.74) is 7.75. The summed E-state index contributed by atoms with van der Waals surface area (Å²) in [4.78, 5) is 18.9. The molecule has 0 bridgehead atoms. The Morgan fingerprint density at radius 2 is 2.15 bits per heavy atom. The van der Waals surface area contributed by atoms with Crippen LogP contribution in [0.4, 0.5) is 0 Å². The van der Waals surface area contributed by atoms with Gasteiger partial charge in [-0.25, -0.2) is 0 Å². The molecule has 2 unspecified atom stereocenters. The second-order valence-electron chi connectivity index (χ2n) is 5.85. The average molecular weight is 275 g/mol. The molecule has 2 N–H and O–H groups in total. The van der Waals surface area contributed by atoms with E-state index in [1.54, 1.807) is 4.90 Å². The van der Waals surface area contributed by atoms with Gasteiger partial charge in [0.1, 0.15) is 0 Å². The third kappa shape index (κ3) is 3.57. The van der Waals surface area contributed by atoms with Gasteiger partial charge in [-0.1, -0.05) is 18.9 Å². The van der Waals surface area contributed by atoms with Crippen molar-refractivity contribution >= 4 is 5.91 Å². The molecule has 2 atom stereocenters. The number of nitrogens with zero attached hydrogens (tertiary/aromatic N) is 2. The molecule has 0 radical (unpaired) electrons. The van der Waals surface area contributed by atoms with E-state index in [9.17, 15) is 4.79 Å². The first-order chi connectivity index (χ1) is 9.61. The first-order valence-corrected chi connectivity index (χ1v) is 7.49. The van der Waals surface area contributed by atoms with Gasteiger partial charge in [0.25, 0.3) is 0 Å². The number of aryl methyl sites for hydroxylation is 1. The van der Waals surface area contributed by atoms with Crippen LogP contribution in [-0.4, -0.2) is 29.4 Å². The summed E-state index contributed by atoms with van der Waals surface area (Å²) in [6, 6.07) is 5.92. The minimum absolute atomic E-state index is 0.101. The number of rotatable bonds is 4. The van der Waals surface area contributed by atoms with Crippen LogP contribution in [0.5, 0.6) is 0 Å². The zero-order chi connectivity index (χ0) is 14.5. The highest BCUT2D eigenvalue weighted by molar-refractivity contribution is 5.79. The lowest BCUT2D eigenvalue weighted by atomic mass is 9.78. The van der Waals surface area contributed by atoms with Crippen LogP contribution in [-0.2, 0) is 11.3 Å². The molecule has 2 rings (SSSR count). The first-order valence-electron chi connectivity index (χ1n) is 7.49. The van der Waals surface area contributed by atoms with E-state index in [1.807, 2.05) is 32.2 Å². The fraction of sp³-hybridized carbons (Fsp3) is 0.625. The molecular weight excluding hydrogens is 250 g/mol. The summed E-state index contributed by atoms with van der Waals surface area (Å²) in [6.07, 6.45) is 4.41. The molecule has 4 heteroatoms. The van der Waals surface area contributed by atoms with Crippen molar-refractivity contribution in [3.05, 3.63) is 29.6 Å². The second-order valence-corrected chi connectivity index (χ2v) is 5.85. The van der Waals surface area contributed by atoms with Gasteiger partial charge in [0, 0.05) is 18.7 Å². The highest BCUT2D eigenvalue weighted by Crippen LogP contribution is 2.30. The number of nitrogens with two attached hydrogens (primary N) is 1. The number of amides is 1. The Balaban J connectivity index is 2.00. The molecule has 1 saturated carbocycles. The Labute approximate surface area is 121 Å². The van der Waals surface area contributed by atoms with E-state index in [-0.39, 0.29) is 11.8 Å². The number of hydrogen-bond acceptors (Lipinski definition) is 3. The van der Waals surface area contributed by atoms with E-state index in [1.165, 1.54) is 6.42 Å². The summed E-state index contributed by atoms with van der Waals surface area (Å²) >= 11 is 0. The Morgan fingerprint density at radius 1 is 1.40 bits per heavy atom. The van der Waals surface area contributed by atoms with Gasteiger partial charge in [-0.15, -0.1) is 0 Å². The summed E-state index contributed by atoms with van der Waals surface area (Å²) < 4.78 is 0. The van der Waals surface area contributed by atoms with Crippen molar-refractivity contribution in [2.75, 3.05) is 13.6 Å². The van der Waals surface area contributed by atoms with Gasteiger partial charge in [0.05, 0.1) is 12.2 Å². The monoisotopic (exact) mass is 275 g/mol. The smallest absolute Gasteiger partial charge is 0.226 e. The third-order valence-electron chi connectivity index (χ3n) is 4.25. The predicted octanol–water partition coefficient (Wildman–Crippen LogP) is 2.11. The van der Waals surface area contributed by atoms with Gasteiger partial charge in [-0.3, -0.25) is 9.78 Å². The lowest BCUT2D eigenvalue weighted by molar-refractivity contribution is -0.137. The Bertz CT molecular complexity index is 461. The molecule has 1 aromatic rings. The van der Waals surface area contributed by atoms with Crippen LogP contribution in [0, 0.1) is 18.8 Å². The second kappa shape index (κ2) is 6.84. The molecule has 110 valence electrons. The molecule has 20 heavy (non-hydrogen) atoms. The molecule has 1 heterocycles. The molecule has 1 aliphatic carbocycles. The molecule has 1 aliphatic rings. The van der Waals surface area contributed by atoms with Crippen LogP contribution in [0.3, 0.4) is 0 Å². The van der Waals surface area contributed by atoms with Gasteiger partial charge >= 0.3 is 0 Å². The van der Waals surface area contributed by atoms with Crippen molar-refractivity contribution in [3.63, 3.8) is 0 Å². The number of carbonyl (C=O) groups is 1. The van der Waals surface area contributed by atoms with Crippen molar-refractivity contribution in [2.24, 2.45) is 17.6 Å². The van der Waals surface area contributed by atoms with E-state index in [0.29, 0.717) is 19.0 Å². The highest BCUT2D eigenvalue weighted by atomic mass is 16.2. The first kappa shape index (κ1) is 15.0. The number of carbonyl (C=O) groups excluding carboxylic acids is 1. The van der Waals surface area contributed by atoms with E-state index < -0.39 is 0 Å². The fourth-order valence-electron chi connectivity index (χ4n) is 3.11. The van der Waals surface area contributed by atoms with Crippen molar-refractivity contribution in [2.45, 2.75) is 39.2 Å². The van der Waals surface area contributed by atoms with Crippen molar-refractivity contribution in [1.82, 2.24) is 9.88 Å². The quantitative estimate of drug-likeness (QED) is 0.915. The standard InChI is InChI=1S/C16H25N3O/c1-12-6-5-8-14(18-12)11-19(2)16(20)15-9-4-3-7-13(15)10-17/h5-6,8,13,15H,3-4,7,9-11,17H2,1-2H3. The predicted molar refractivity (Wildman–Crippen MR) is 80.0 cm³/mol. The summed E-state index contributed by atoms with van der Waals surface area (Å²) in [5.74, 6) is 0.677. The molecule has 0 spiro atoms.